The Morgan fingerprint density at radius 1 is 1.20 bits per heavy atom. The lowest BCUT2D eigenvalue weighted by atomic mass is 10.1. The smallest absolute Gasteiger partial charge is 0.316 e. The number of methoxy groups -OCH3 is 1. The largest absolute Gasteiger partial charge is 0.496 e. The fourth-order valence-corrected chi connectivity index (χ4v) is 3.26. The van der Waals surface area contributed by atoms with Crippen molar-refractivity contribution in [1.82, 2.24) is 9.97 Å². The molecule has 0 bridgehead atoms. The Kier molecular flexibility index (Phi) is 6.52. The van der Waals surface area contributed by atoms with Gasteiger partial charge in [0.15, 0.2) is 11.6 Å². The van der Waals surface area contributed by atoms with Crippen LogP contribution in [0.3, 0.4) is 0 Å². The molecule has 2 rings (SSSR count). The van der Waals surface area contributed by atoms with Crippen LogP contribution in [0, 0.1) is 6.92 Å². The van der Waals surface area contributed by atoms with E-state index in [1.165, 1.54) is 18.7 Å². The van der Waals surface area contributed by atoms with Crippen molar-refractivity contribution in [1.29, 1.82) is 0 Å². The van der Waals surface area contributed by atoms with Crippen LogP contribution in [0.1, 0.15) is 29.9 Å². The van der Waals surface area contributed by atoms with Gasteiger partial charge in [-0.05, 0) is 32.9 Å². The number of nitrogens with zero attached hydrogens (tertiary/aromatic N) is 2. The molecule has 0 aliphatic rings. The maximum Gasteiger partial charge on any atom is 0.316 e. The maximum absolute atomic E-state index is 12.0. The lowest BCUT2D eigenvalue weighted by molar-refractivity contribution is -0.139. The van der Waals surface area contributed by atoms with E-state index in [4.69, 9.17) is 9.47 Å². The Bertz CT molecular complexity index is 793. The zero-order valence-electron chi connectivity index (χ0n) is 14.7. The second-order valence-corrected chi connectivity index (χ2v) is 6.13. The predicted octanol–water partition coefficient (Wildman–Crippen LogP) is 3.32. The minimum Gasteiger partial charge on any atom is -0.496 e. The van der Waals surface area contributed by atoms with Crippen molar-refractivity contribution >= 4 is 23.5 Å². The highest BCUT2D eigenvalue weighted by molar-refractivity contribution is 8.00. The number of ether oxygens (including phenoxy) is 2. The monoisotopic (exact) mass is 360 g/mol. The summed E-state index contributed by atoms with van der Waals surface area (Å²) in [5.74, 6) is 0.674. The van der Waals surface area contributed by atoms with Gasteiger partial charge in [0.25, 0.3) is 0 Å². The van der Waals surface area contributed by atoms with Gasteiger partial charge in [-0.2, -0.15) is 0 Å². The number of hydrogen-bond donors (Lipinski definition) is 0. The van der Waals surface area contributed by atoms with E-state index < -0.39 is 0 Å². The molecular formula is C18H20N2O4S. The van der Waals surface area contributed by atoms with Gasteiger partial charge in [-0.1, -0.05) is 23.9 Å². The van der Waals surface area contributed by atoms with Crippen LogP contribution in [-0.2, 0) is 9.53 Å². The summed E-state index contributed by atoms with van der Waals surface area (Å²) in [5.41, 5.74) is 1.71. The molecule has 1 aromatic carbocycles. The summed E-state index contributed by atoms with van der Waals surface area (Å²) in [6.45, 7) is 5.28. The van der Waals surface area contributed by atoms with Crippen LogP contribution >= 0.6 is 11.8 Å². The predicted molar refractivity (Wildman–Crippen MR) is 96.1 cm³/mol. The van der Waals surface area contributed by atoms with E-state index in [1.807, 2.05) is 24.3 Å². The van der Waals surface area contributed by atoms with Crippen molar-refractivity contribution in [2.45, 2.75) is 25.8 Å². The fraction of sp³-hybridized carbons (Fsp3) is 0.333. The third-order valence-corrected chi connectivity index (χ3v) is 4.34. The van der Waals surface area contributed by atoms with Crippen LogP contribution < -0.4 is 4.74 Å². The van der Waals surface area contributed by atoms with Crippen LogP contribution in [0.4, 0.5) is 0 Å². The van der Waals surface area contributed by atoms with Gasteiger partial charge in [0.1, 0.15) is 10.8 Å². The number of esters is 1. The lowest BCUT2D eigenvalue weighted by Crippen LogP contribution is -2.10. The topological polar surface area (TPSA) is 78.4 Å². The molecule has 0 fully saturated rings. The minimum atomic E-state index is -0.350. The second kappa shape index (κ2) is 8.62. The first-order valence-corrected chi connectivity index (χ1v) is 8.77. The van der Waals surface area contributed by atoms with Crippen molar-refractivity contribution in [2.75, 3.05) is 19.5 Å². The summed E-state index contributed by atoms with van der Waals surface area (Å²) in [7, 11) is 1.58. The van der Waals surface area contributed by atoms with Gasteiger partial charge in [-0.25, -0.2) is 9.97 Å². The van der Waals surface area contributed by atoms with Crippen LogP contribution in [0.5, 0.6) is 5.75 Å². The van der Waals surface area contributed by atoms with Crippen LogP contribution in [0.25, 0.3) is 11.4 Å². The van der Waals surface area contributed by atoms with E-state index >= 15 is 0 Å². The molecule has 132 valence electrons. The molecule has 2 aromatic rings. The molecular weight excluding hydrogens is 340 g/mol. The maximum atomic E-state index is 12.0. The van der Waals surface area contributed by atoms with Gasteiger partial charge in [0.05, 0.1) is 36.3 Å². The van der Waals surface area contributed by atoms with Crippen molar-refractivity contribution in [3.8, 4) is 17.1 Å². The summed E-state index contributed by atoms with van der Waals surface area (Å²) in [6, 6.07) is 7.38. The molecule has 0 amide bonds. The number of carbonyl (C=O) groups is 2. The Hall–Kier alpha value is -2.41. The van der Waals surface area contributed by atoms with Crippen molar-refractivity contribution in [2.24, 2.45) is 0 Å². The van der Waals surface area contributed by atoms with Gasteiger partial charge in [-0.3, -0.25) is 9.59 Å². The summed E-state index contributed by atoms with van der Waals surface area (Å²) < 4.78 is 10.3. The highest BCUT2D eigenvalue weighted by Gasteiger charge is 2.19. The third kappa shape index (κ3) is 4.57. The minimum absolute atomic E-state index is 0.0793. The van der Waals surface area contributed by atoms with E-state index in [0.29, 0.717) is 34.5 Å². The molecule has 6 nitrogen and oxygen atoms in total. The molecule has 25 heavy (non-hydrogen) atoms. The summed E-state index contributed by atoms with van der Waals surface area (Å²) in [6.07, 6.45) is 0. The third-order valence-electron chi connectivity index (χ3n) is 3.39. The first-order chi connectivity index (χ1) is 12.0. The molecule has 0 atom stereocenters. The quantitative estimate of drug-likeness (QED) is 0.324. The molecule has 0 saturated carbocycles. The van der Waals surface area contributed by atoms with Crippen molar-refractivity contribution in [3.63, 3.8) is 0 Å². The molecule has 1 heterocycles. The van der Waals surface area contributed by atoms with Gasteiger partial charge < -0.3 is 9.47 Å². The highest BCUT2D eigenvalue weighted by Crippen LogP contribution is 2.31. The fourth-order valence-electron chi connectivity index (χ4n) is 2.34. The number of aryl methyl sites for hydroxylation is 1. The number of para-hydroxylation sites is 1. The SMILES string of the molecule is CCOC(=O)CSc1nc(-c2ccccc2OC)nc(C)c1C(C)=O. The molecule has 0 aliphatic carbocycles. The number of benzene rings is 1. The molecule has 0 N–H and O–H groups in total. The second-order valence-electron chi connectivity index (χ2n) is 5.16. The van der Waals surface area contributed by atoms with Gasteiger partial charge in [0.2, 0.25) is 0 Å². The number of rotatable bonds is 7. The van der Waals surface area contributed by atoms with Crippen LogP contribution in [-0.4, -0.2) is 41.2 Å². The van der Waals surface area contributed by atoms with Gasteiger partial charge in [0, 0.05) is 0 Å². The Balaban J connectivity index is 2.47. The molecule has 0 aliphatic heterocycles. The van der Waals surface area contributed by atoms with Crippen LogP contribution in [0.15, 0.2) is 29.3 Å². The van der Waals surface area contributed by atoms with E-state index in [0.717, 1.165) is 5.56 Å². The number of Topliss-reactive ketones (excluding diaryl/α,β-unsaturated/α-hetero) is 1. The summed E-state index contributed by atoms with van der Waals surface area (Å²) in [4.78, 5) is 32.6. The van der Waals surface area contributed by atoms with Crippen LogP contribution in [0.2, 0.25) is 0 Å². The first kappa shape index (κ1) is 18.9. The summed E-state index contributed by atoms with van der Waals surface area (Å²) >= 11 is 1.17. The standard InChI is InChI=1S/C18H20N2O4S/c1-5-24-15(22)10-25-18-16(12(3)21)11(2)19-17(20-18)13-8-6-7-9-14(13)23-4/h6-9H,5,10H2,1-4H3. The number of ketones is 1. The average Bonchev–Trinajstić information content (AvgIpc) is 2.59. The van der Waals surface area contributed by atoms with E-state index in [2.05, 4.69) is 9.97 Å². The number of thioether (sulfide) groups is 1. The highest BCUT2D eigenvalue weighted by atomic mass is 32.2. The lowest BCUT2D eigenvalue weighted by Gasteiger charge is -2.12. The van der Waals surface area contributed by atoms with E-state index in [1.54, 1.807) is 21.0 Å². The zero-order chi connectivity index (χ0) is 18.4. The molecule has 0 radical (unpaired) electrons. The molecule has 0 spiro atoms. The first-order valence-electron chi connectivity index (χ1n) is 7.79. The van der Waals surface area contributed by atoms with E-state index in [-0.39, 0.29) is 17.5 Å². The Morgan fingerprint density at radius 3 is 2.56 bits per heavy atom. The zero-order valence-corrected chi connectivity index (χ0v) is 15.5. The molecule has 0 saturated heterocycles. The number of hydrogen-bond acceptors (Lipinski definition) is 7. The normalized spacial score (nSPS) is 10.4. The van der Waals surface area contributed by atoms with Crippen molar-refractivity contribution in [3.05, 3.63) is 35.5 Å². The number of carbonyl (C=O) groups excluding carboxylic acids is 2. The van der Waals surface area contributed by atoms with Gasteiger partial charge in [-0.15, -0.1) is 0 Å². The Labute approximate surface area is 151 Å². The average molecular weight is 360 g/mol. The van der Waals surface area contributed by atoms with Crippen molar-refractivity contribution < 1.29 is 19.1 Å². The number of aromatic nitrogens is 2. The molecule has 7 heteroatoms. The van der Waals surface area contributed by atoms with Gasteiger partial charge >= 0.3 is 5.97 Å². The molecule has 1 aromatic heterocycles. The van der Waals surface area contributed by atoms with E-state index in [9.17, 15) is 9.59 Å². The molecule has 0 unspecified atom stereocenters. The summed E-state index contributed by atoms with van der Waals surface area (Å²) in [5, 5.41) is 0.467. The Morgan fingerprint density at radius 2 is 1.92 bits per heavy atom.